The molecule has 2 heteroatoms. The van der Waals surface area contributed by atoms with E-state index in [2.05, 4.69) is 11.7 Å². The molecule has 0 radical (unpaired) electrons. The molecule has 0 atom stereocenters. The van der Waals surface area contributed by atoms with Gasteiger partial charge in [-0.05, 0) is 6.72 Å². The summed E-state index contributed by atoms with van der Waals surface area (Å²) in [6.45, 7) is 5.27. The van der Waals surface area contributed by atoms with Crippen LogP contribution >= 0.6 is 0 Å². The summed E-state index contributed by atoms with van der Waals surface area (Å²) in [6.07, 6.45) is 0.568. The zero-order valence-electron chi connectivity index (χ0n) is 4.48. The molecule has 0 unspecified atom stereocenters. The minimum absolute atomic E-state index is 0.148. The molecule has 0 saturated carbocycles. The number of Topliss-reactive ketones (excluding diaryl/α,β-unsaturated/α-hetero) is 1. The third-order valence-corrected chi connectivity index (χ3v) is 0.682. The molecule has 0 saturated heterocycles. The van der Waals surface area contributed by atoms with E-state index in [0.717, 1.165) is 0 Å². The van der Waals surface area contributed by atoms with Crippen molar-refractivity contribution in [3.63, 3.8) is 0 Å². The lowest BCUT2D eigenvalue weighted by Crippen LogP contribution is -1.97. The lowest BCUT2D eigenvalue weighted by atomic mass is 10.3. The van der Waals surface area contributed by atoms with Gasteiger partial charge in [-0.2, -0.15) is 0 Å². The number of carbonyl (C=O) groups excluding carboxylic acids is 1. The predicted octanol–water partition coefficient (Wildman–Crippen LogP) is 0.666. The summed E-state index contributed by atoms with van der Waals surface area (Å²) in [7, 11) is 0. The van der Waals surface area contributed by atoms with Crippen molar-refractivity contribution in [2.24, 2.45) is 4.99 Å². The second-order valence-corrected chi connectivity index (χ2v) is 1.27. The molecule has 40 valence electrons. The first-order chi connectivity index (χ1) is 3.31. The van der Waals surface area contributed by atoms with E-state index in [9.17, 15) is 4.79 Å². The minimum Gasteiger partial charge on any atom is -0.298 e. The normalized spacial score (nSPS) is 8.14. The van der Waals surface area contributed by atoms with Crippen molar-refractivity contribution in [1.29, 1.82) is 0 Å². The molecule has 0 heterocycles. The van der Waals surface area contributed by atoms with Crippen LogP contribution in [0.1, 0.15) is 13.3 Å². The number of nitrogens with zero attached hydrogens (tertiary/aromatic N) is 1. The maximum absolute atomic E-state index is 10.3. The van der Waals surface area contributed by atoms with Crippen molar-refractivity contribution in [2.75, 3.05) is 6.54 Å². The fourth-order valence-electron chi connectivity index (χ4n) is 0.237. The summed E-state index contributed by atoms with van der Waals surface area (Å²) in [5, 5.41) is 0. The van der Waals surface area contributed by atoms with Crippen LogP contribution in [-0.4, -0.2) is 19.0 Å². The van der Waals surface area contributed by atoms with E-state index in [1.165, 1.54) is 0 Å². The molecule has 7 heavy (non-hydrogen) atoms. The summed E-state index contributed by atoms with van der Waals surface area (Å²) in [5.74, 6) is 0.148. The Morgan fingerprint density at radius 2 is 2.43 bits per heavy atom. The second kappa shape index (κ2) is 3.53. The molecule has 0 aliphatic heterocycles. The van der Waals surface area contributed by atoms with E-state index in [1.54, 1.807) is 0 Å². The molecule has 0 aliphatic rings. The number of rotatable bonds is 3. The molecule has 0 aromatic carbocycles. The lowest BCUT2D eigenvalue weighted by molar-refractivity contribution is -0.117. The Balaban J connectivity index is 3.17. The fourth-order valence-corrected chi connectivity index (χ4v) is 0.237. The van der Waals surface area contributed by atoms with E-state index in [4.69, 9.17) is 0 Å². The van der Waals surface area contributed by atoms with Crippen molar-refractivity contribution in [3.8, 4) is 0 Å². The molecule has 0 bridgehead atoms. The average Bonchev–Trinajstić information content (AvgIpc) is 1.68. The van der Waals surface area contributed by atoms with Gasteiger partial charge in [0.05, 0.1) is 6.54 Å². The van der Waals surface area contributed by atoms with Crippen LogP contribution in [0, 0.1) is 0 Å². The van der Waals surface area contributed by atoms with Crippen LogP contribution in [0.2, 0.25) is 0 Å². The van der Waals surface area contributed by atoms with Gasteiger partial charge in [0.2, 0.25) is 0 Å². The first-order valence-corrected chi connectivity index (χ1v) is 2.25. The summed E-state index contributed by atoms with van der Waals surface area (Å²) >= 11 is 0. The molecule has 0 rings (SSSR count). The van der Waals surface area contributed by atoms with Crippen molar-refractivity contribution in [2.45, 2.75) is 13.3 Å². The molecule has 0 aromatic rings. The molecule has 2 nitrogen and oxygen atoms in total. The smallest absolute Gasteiger partial charge is 0.153 e. The molecule has 0 aromatic heterocycles. The topological polar surface area (TPSA) is 29.4 Å². The van der Waals surface area contributed by atoms with Crippen molar-refractivity contribution >= 4 is 12.5 Å². The summed E-state index contributed by atoms with van der Waals surface area (Å²) in [5.41, 5.74) is 0. The van der Waals surface area contributed by atoms with E-state index in [-0.39, 0.29) is 12.3 Å². The summed E-state index contributed by atoms with van der Waals surface area (Å²) in [4.78, 5) is 13.7. The van der Waals surface area contributed by atoms with Gasteiger partial charge in [-0.1, -0.05) is 6.92 Å². The van der Waals surface area contributed by atoms with Crippen LogP contribution in [0.5, 0.6) is 0 Å². The molecule has 0 N–H and O–H groups in total. The van der Waals surface area contributed by atoms with Crippen LogP contribution in [0.15, 0.2) is 4.99 Å². The standard InChI is InChI=1S/C5H9NO/c1-3-5(7)4-6-2/h2-4H2,1H3. The zero-order valence-corrected chi connectivity index (χ0v) is 4.48. The van der Waals surface area contributed by atoms with Gasteiger partial charge in [0.15, 0.2) is 5.78 Å². The Morgan fingerprint density at radius 3 is 2.57 bits per heavy atom. The van der Waals surface area contributed by atoms with Gasteiger partial charge in [0.25, 0.3) is 0 Å². The van der Waals surface area contributed by atoms with Crippen LogP contribution in [-0.2, 0) is 4.79 Å². The lowest BCUT2D eigenvalue weighted by Gasteiger charge is -1.83. The maximum Gasteiger partial charge on any atom is 0.153 e. The Labute approximate surface area is 43.3 Å². The fraction of sp³-hybridized carbons (Fsp3) is 0.600. The number of hydrogen-bond donors (Lipinski definition) is 0. The molecule has 0 spiro atoms. The Kier molecular flexibility index (Phi) is 3.19. The number of hydrogen-bond acceptors (Lipinski definition) is 2. The highest BCUT2D eigenvalue weighted by atomic mass is 16.1. The second-order valence-electron chi connectivity index (χ2n) is 1.27. The Morgan fingerprint density at radius 1 is 1.86 bits per heavy atom. The van der Waals surface area contributed by atoms with Crippen molar-refractivity contribution < 1.29 is 4.79 Å². The number of carbonyl (C=O) groups is 1. The van der Waals surface area contributed by atoms with Crippen LogP contribution in [0.25, 0.3) is 0 Å². The number of ketones is 1. The van der Waals surface area contributed by atoms with E-state index in [0.29, 0.717) is 6.42 Å². The highest BCUT2D eigenvalue weighted by Crippen LogP contribution is 1.78. The molecular formula is C5H9NO. The average molecular weight is 99.1 g/mol. The quantitative estimate of drug-likeness (QED) is 0.478. The molecular weight excluding hydrogens is 90.1 g/mol. The summed E-state index contributed by atoms with van der Waals surface area (Å²) in [6, 6.07) is 0. The first kappa shape index (κ1) is 6.34. The van der Waals surface area contributed by atoms with Crippen LogP contribution in [0.3, 0.4) is 0 Å². The summed E-state index contributed by atoms with van der Waals surface area (Å²) < 4.78 is 0. The highest BCUT2D eigenvalue weighted by molar-refractivity contribution is 5.80. The zero-order chi connectivity index (χ0) is 5.70. The van der Waals surface area contributed by atoms with E-state index < -0.39 is 0 Å². The van der Waals surface area contributed by atoms with Gasteiger partial charge in [-0.15, -0.1) is 0 Å². The van der Waals surface area contributed by atoms with Gasteiger partial charge >= 0.3 is 0 Å². The Hall–Kier alpha value is -0.660. The van der Waals surface area contributed by atoms with Crippen molar-refractivity contribution in [3.05, 3.63) is 0 Å². The third-order valence-electron chi connectivity index (χ3n) is 0.682. The molecule has 0 amide bonds. The highest BCUT2D eigenvalue weighted by Gasteiger charge is 1.90. The maximum atomic E-state index is 10.3. The largest absolute Gasteiger partial charge is 0.298 e. The van der Waals surface area contributed by atoms with Gasteiger partial charge in [0, 0.05) is 6.42 Å². The van der Waals surface area contributed by atoms with Crippen LogP contribution < -0.4 is 0 Å². The van der Waals surface area contributed by atoms with E-state index >= 15 is 0 Å². The van der Waals surface area contributed by atoms with Gasteiger partial charge in [-0.25, -0.2) is 0 Å². The first-order valence-electron chi connectivity index (χ1n) is 2.25. The van der Waals surface area contributed by atoms with E-state index in [1.807, 2.05) is 6.92 Å². The van der Waals surface area contributed by atoms with Gasteiger partial charge in [-0.3, -0.25) is 9.79 Å². The van der Waals surface area contributed by atoms with Crippen molar-refractivity contribution in [1.82, 2.24) is 0 Å². The monoisotopic (exact) mass is 99.1 g/mol. The molecule has 0 aliphatic carbocycles. The Bertz CT molecular complexity index is 78.1. The predicted molar refractivity (Wildman–Crippen MR) is 29.7 cm³/mol. The molecule has 0 fully saturated rings. The third kappa shape index (κ3) is 3.16. The number of aliphatic imine (C=N–C) groups is 1. The SMILES string of the molecule is C=NCC(=O)CC. The van der Waals surface area contributed by atoms with Gasteiger partial charge in [0.1, 0.15) is 0 Å². The minimum atomic E-state index is 0.148. The van der Waals surface area contributed by atoms with Crippen LogP contribution in [0.4, 0.5) is 0 Å². The van der Waals surface area contributed by atoms with Gasteiger partial charge < -0.3 is 0 Å².